The van der Waals surface area contributed by atoms with E-state index in [1.807, 2.05) is 0 Å². The second kappa shape index (κ2) is 2.26. The highest BCUT2D eigenvalue weighted by Gasteiger charge is 2.10. The van der Waals surface area contributed by atoms with Crippen molar-refractivity contribution in [3.8, 4) is 0 Å². The van der Waals surface area contributed by atoms with Gasteiger partial charge in [0.1, 0.15) is 0 Å². The largest absolute Gasteiger partial charge is 0.233 e. The molecule has 1 heterocycles. The fraction of sp³-hybridized carbons (Fsp3) is 1.00. The lowest BCUT2D eigenvalue weighted by Gasteiger charge is -2.04. The molecule has 0 saturated carbocycles. The van der Waals surface area contributed by atoms with Gasteiger partial charge in [0.2, 0.25) is 0 Å². The van der Waals surface area contributed by atoms with Gasteiger partial charge in [-0.25, -0.2) is 5.26 Å². The lowest BCUT2D eigenvalue weighted by atomic mass is 10.4. The van der Waals surface area contributed by atoms with E-state index in [1.54, 1.807) is 5.06 Å². The molecule has 0 aromatic rings. The third-order valence-electron chi connectivity index (χ3n) is 1.18. The Morgan fingerprint density at radius 3 is 2.14 bits per heavy atom. The second-order valence-corrected chi connectivity index (χ2v) is 1.72. The molecular weight excluding hydrogens is 94.0 g/mol. The van der Waals surface area contributed by atoms with Crippen LogP contribution in [0.2, 0.25) is 0 Å². The number of hydroxylamine groups is 2. The summed E-state index contributed by atoms with van der Waals surface area (Å²) in [6, 6.07) is 0. The van der Waals surface area contributed by atoms with Crippen LogP contribution in [0.3, 0.4) is 0 Å². The lowest BCUT2D eigenvalue weighted by molar-refractivity contribution is -0.389. The van der Waals surface area contributed by atoms with Gasteiger partial charge in [-0.05, 0) is 12.8 Å². The summed E-state index contributed by atoms with van der Waals surface area (Å²) in [4.78, 5) is 3.94. The van der Waals surface area contributed by atoms with Crippen LogP contribution in [-0.2, 0) is 4.99 Å². The summed E-state index contributed by atoms with van der Waals surface area (Å²) in [5, 5.41) is 9.53. The molecule has 1 aliphatic rings. The van der Waals surface area contributed by atoms with E-state index < -0.39 is 0 Å². The zero-order valence-corrected chi connectivity index (χ0v) is 4.13. The van der Waals surface area contributed by atoms with Crippen molar-refractivity contribution in [2.75, 3.05) is 13.1 Å². The summed E-state index contributed by atoms with van der Waals surface area (Å²) < 4.78 is 0. The summed E-state index contributed by atoms with van der Waals surface area (Å²) in [7, 11) is 0. The molecule has 1 aliphatic heterocycles. The van der Waals surface area contributed by atoms with Gasteiger partial charge in [0.05, 0.1) is 0 Å². The smallest absolute Gasteiger partial charge is 0.0271 e. The number of rotatable bonds is 1. The van der Waals surface area contributed by atoms with Crippen LogP contribution in [0.4, 0.5) is 0 Å². The summed E-state index contributed by atoms with van der Waals surface area (Å²) in [6.45, 7) is 1.74. The molecule has 3 nitrogen and oxygen atoms in total. The first-order chi connectivity index (χ1) is 3.43. The summed E-state index contributed by atoms with van der Waals surface area (Å²) in [5.74, 6) is 0. The van der Waals surface area contributed by atoms with Gasteiger partial charge in [-0.15, -0.1) is 4.99 Å². The Morgan fingerprint density at radius 2 is 1.86 bits per heavy atom. The van der Waals surface area contributed by atoms with E-state index in [0.29, 0.717) is 0 Å². The first-order valence-corrected chi connectivity index (χ1v) is 2.50. The molecule has 0 spiro atoms. The molecule has 0 bridgehead atoms. The van der Waals surface area contributed by atoms with Crippen LogP contribution in [0.25, 0.3) is 0 Å². The monoisotopic (exact) mass is 103 g/mol. The highest BCUT2D eigenvalue weighted by atomic mass is 17.2. The fourth-order valence-corrected chi connectivity index (χ4v) is 0.770. The summed E-state index contributed by atoms with van der Waals surface area (Å²) in [5.41, 5.74) is 0. The van der Waals surface area contributed by atoms with Crippen LogP contribution in [0, 0.1) is 0 Å². The molecule has 1 N–H and O–H groups in total. The third-order valence-corrected chi connectivity index (χ3v) is 1.18. The highest BCUT2D eigenvalue weighted by Crippen LogP contribution is 2.05. The molecule has 0 aromatic carbocycles. The van der Waals surface area contributed by atoms with E-state index in [2.05, 4.69) is 4.99 Å². The fourth-order valence-electron chi connectivity index (χ4n) is 0.770. The van der Waals surface area contributed by atoms with Crippen LogP contribution < -0.4 is 0 Å². The van der Waals surface area contributed by atoms with Crippen LogP contribution in [-0.4, -0.2) is 23.4 Å². The van der Waals surface area contributed by atoms with Crippen LogP contribution in [0.5, 0.6) is 0 Å². The van der Waals surface area contributed by atoms with E-state index in [0.717, 1.165) is 25.9 Å². The van der Waals surface area contributed by atoms with Crippen LogP contribution >= 0.6 is 0 Å². The van der Waals surface area contributed by atoms with Gasteiger partial charge < -0.3 is 0 Å². The molecule has 1 rings (SSSR count). The predicted octanol–water partition coefficient (Wildman–Crippen LogP) is 0.487. The molecule has 7 heavy (non-hydrogen) atoms. The lowest BCUT2D eigenvalue weighted by Crippen LogP contribution is -2.16. The Kier molecular flexibility index (Phi) is 1.62. The summed E-state index contributed by atoms with van der Waals surface area (Å²) >= 11 is 0. The highest BCUT2D eigenvalue weighted by molar-refractivity contribution is 4.55. The molecule has 3 heteroatoms. The van der Waals surface area contributed by atoms with Gasteiger partial charge in [0.15, 0.2) is 0 Å². The van der Waals surface area contributed by atoms with E-state index >= 15 is 0 Å². The molecule has 0 amide bonds. The van der Waals surface area contributed by atoms with E-state index in [-0.39, 0.29) is 0 Å². The molecule has 1 fully saturated rings. The van der Waals surface area contributed by atoms with Crippen LogP contribution in [0.1, 0.15) is 12.8 Å². The van der Waals surface area contributed by atoms with Gasteiger partial charge >= 0.3 is 0 Å². The van der Waals surface area contributed by atoms with Crippen molar-refractivity contribution in [2.24, 2.45) is 0 Å². The minimum atomic E-state index is 0.872. The maximum atomic E-state index is 7.99. The molecule has 0 aromatic heterocycles. The minimum Gasteiger partial charge on any atom is -0.233 e. The van der Waals surface area contributed by atoms with Crippen molar-refractivity contribution in [3.05, 3.63) is 0 Å². The van der Waals surface area contributed by atoms with Crippen LogP contribution in [0.15, 0.2) is 0 Å². The van der Waals surface area contributed by atoms with Gasteiger partial charge in [0.25, 0.3) is 0 Å². The zero-order valence-electron chi connectivity index (χ0n) is 4.13. The molecular formula is C4H9NO2. The maximum absolute atomic E-state index is 7.99. The Balaban J connectivity index is 2.14. The molecule has 42 valence electrons. The minimum absolute atomic E-state index is 0.872. The Bertz CT molecular complexity index is 51.7. The SMILES string of the molecule is OON1CCCC1. The van der Waals surface area contributed by atoms with E-state index in [4.69, 9.17) is 5.26 Å². The molecule has 0 radical (unpaired) electrons. The third kappa shape index (κ3) is 1.12. The Hall–Kier alpha value is -0.120. The molecule has 1 saturated heterocycles. The first-order valence-electron chi connectivity index (χ1n) is 2.50. The summed E-state index contributed by atoms with van der Waals surface area (Å²) in [6.07, 6.45) is 2.28. The standard InChI is InChI=1S/C4H9NO2/c6-7-5-3-1-2-4-5/h6H,1-4H2. The van der Waals surface area contributed by atoms with Gasteiger partial charge in [-0.1, -0.05) is 0 Å². The van der Waals surface area contributed by atoms with E-state index in [9.17, 15) is 0 Å². The topological polar surface area (TPSA) is 32.7 Å². The van der Waals surface area contributed by atoms with Crippen molar-refractivity contribution >= 4 is 0 Å². The Labute approximate surface area is 42.4 Å². The number of nitrogens with zero attached hydrogens (tertiary/aromatic N) is 1. The maximum Gasteiger partial charge on any atom is 0.0271 e. The predicted molar refractivity (Wildman–Crippen MR) is 24.5 cm³/mol. The normalized spacial score (nSPS) is 23.6. The Morgan fingerprint density at radius 1 is 1.29 bits per heavy atom. The molecule has 0 aliphatic carbocycles. The van der Waals surface area contributed by atoms with Gasteiger partial charge in [-0.3, -0.25) is 0 Å². The van der Waals surface area contributed by atoms with Crippen molar-refractivity contribution in [2.45, 2.75) is 12.8 Å². The van der Waals surface area contributed by atoms with Crippen molar-refractivity contribution in [3.63, 3.8) is 0 Å². The van der Waals surface area contributed by atoms with Crippen molar-refractivity contribution < 1.29 is 10.2 Å². The van der Waals surface area contributed by atoms with E-state index in [1.165, 1.54) is 0 Å². The second-order valence-electron chi connectivity index (χ2n) is 1.72. The van der Waals surface area contributed by atoms with Crippen molar-refractivity contribution in [1.29, 1.82) is 0 Å². The van der Waals surface area contributed by atoms with Gasteiger partial charge in [-0.2, -0.15) is 5.06 Å². The molecule has 0 unspecified atom stereocenters. The average Bonchev–Trinajstić information content (AvgIpc) is 2.14. The average molecular weight is 103 g/mol. The van der Waals surface area contributed by atoms with Gasteiger partial charge in [0, 0.05) is 13.1 Å². The quantitative estimate of drug-likeness (QED) is 0.387. The van der Waals surface area contributed by atoms with Crippen molar-refractivity contribution in [1.82, 2.24) is 5.06 Å². The number of hydrogen-bond donors (Lipinski definition) is 1. The first kappa shape index (κ1) is 5.03. The zero-order chi connectivity index (χ0) is 5.11. The molecule has 0 atom stereocenters. The number of hydrogen-bond acceptors (Lipinski definition) is 3.